The minimum absolute atomic E-state index is 0.272. The normalized spacial score (nSPS) is 34.1. The molecular weight excluding hydrogens is 339 g/mol. The predicted molar refractivity (Wildman–Crippen MR) is 86.4 cm³/mol. The van der Waals surface area contributed by atoms with Crippen molar-refractivity contribution in [2.75, 3.05) is 42.6 Å². The molecule has 4 heterocycles. The Morgan fingerprint density at radius 3 is 2.67 bits per heavy atom. The van der Waals surface area contributed by atoms with Crippen LogP contribution in [0.15, 0.2) is 18.3 Å². The molecule has 1 aromatic heterocycles. The van der Waals surface area contributed by atoms with Gasteiger partial charge in [-0.2, -0.15) is 13.2 Å². The van der Waals surface area contributed by atoms with Crippen molar-refractivity contribution in [2.24, 2.45) is 5.41 Å². The molecule has 0 radical (unpaired) electrons. The molecule has 0 amide bonds. The maximum atomic E-state index is 12.6. The van der Waals surface area contributed by atoms with E-state index in [1.807, 2.05) is 0 Å². The van der Waals surface area contributed by atoms with E-state index in [-0.39, 0.29) is 5.41 Å². The Morgan fingerprint density at radius 2 is 2.04 bits per heavy atom. The number of hydrogen-bond donors (Lipinski definition) is 0. The molecule has 0 saturated carbocycles. The summed E-state index contributed by atoms with van der Waals surface area (Å²) in [7, 11) is 0. The van der Waals surface area contributed by atoms with Crippen LogP contribution in [0.3, 0.4) is 0 Å². The minimum Gasteiger partial charge on any atom is -0.616 e. The lowest BCUT2D eigenvalue weighted by Crippen LogP contribution is -2.51. The Kier molecular flexibility index (Phi) is 3.97. The van der Waals surface area contributed by atoms with Crippen LogP contribution >= 0.6 is 0 Å². The fourth-order valence-corrected chi connectivity index (χ4v) is 5.93. The molecule has 4 nitrogen and oxygen atoms in total. The van der Waals surface area contributed by atoms with Crippen LogP contribution in [-0.2, 0) is 17.4 Å². The summed E-state index contributed by atoms with van der Waals surface area (Å²) in [6.45, 7) is 3.73. The van der Waals surface area contributed by atoms with E-state index in [0.717, 1.165) is 62.3 Å². The lowest BCUT2D eigenvalue weighted by molar-refractivity contribution is -0.141. The van der Waals surface area contributed by atoms with Crippen molar-refractivity contribution in [3.63, 3.8) is 0 Å². The second kappa shape index (κ2) is 5.78. The number of anilines is 1. The molecule has 3 fully saturated rings. The Morgan fingerprint density at radius 1 is 1.25 bits per heavy atom. The van der Waals surface area contributed by atoms with Gasteiger partial charge in [-0.3, -0.25) is 4.90 Å². The highest BCUT2D eigenvalue weighted by atomic mass is 32.2. The standard InChI is InChI=1S/C16H20F3N3OS/c17-16(18,19)14-2-1-12(7-20-14)21-5-3-13(8-21)22-6-4-15(9-22)10-24(23)11-15/h1-2,7,13H,3-6,8-11H2. The molecule has 132 valence electrons. The van der Waals surface area contributed by atoms with Gasteiger partial charge >= 0.3 is 6.18 Å². The molecule has 3 aliphatic rings. The van der Waals surface area contributed by atoms with E-state index in [4.69, 9.17) is 0 Å². The van der Waals surface area contributed by atoms with Gasteiger partial charge in [0.1, 0.15) is 17.2 Å². The smallest absolute Gasteiger partial charge is 0.433 e. The van der Waals surface area contributed by atoms with Crippen LogP contribution in [0.4, 0.5) is 18.9 Å². The first-order chi connectivity index (χ1) is 11.3. The summed E-state index contributed by atoms with van der Waals surface area (Å²) in [5, 5.41) is 0. The first-order valence-corrected chi connectivity index (χ1v) is 9.71. The van der Waals surface area contributed by atoms with Gasteiger partial charge in [-0.1, -0.05) is 11.2 Å². The molecule has 4 rings (SSSR count). The number of nitrogens with zero attached hydrogens (tertiary/aromatic N) is 3. The summed E-state index contributed by atoms with van der Waals surface area (Å²) in [5.41, 5.74) is 0.180. The van der Waals surface area contributed by atoms with Crippen LogP contribution in [0, 0.1) is 5.41 Å². The third-order valence-corrected chi connectivity index (χ3v) is 7.35. The van der Waals surface area contributed by atoms with Gasteiger partial charge in [0.15, 0.2) is 0 Å². The molecule has 3 aliphatic heterocycles. The summed E-state index contributed by atoms with van der Waals surface area (Å²) in [6.07, 6.45) is -0.929. The fourth-order valence-electron chi connectivity index (χ4n) is 4.17. The number of aromatic nitrogens is 1. The van der Waals surface area contributed by atoms with Crippen LogP contribution in [0.5, 0.6) is 0 Å². The van der Waals surface area contributed by atoms with Gasteiger partial charge in [0, 0.05) is 25.7 Å². The zero-order valence-electron chi connectivity index (χ0n) is 13.3. The molecule has 1 spiro atoms. The van der Waals surface area contributed by atoms with Crippen LogP contribution in [0.2, 0.25) is 0 Å². The Labute approximate surface area is 142 Å². The molecule has 1 aromatic rings. The second-order valence-electron chi connectivity index (χ2n) is 7.24. The highest BCUT2D eigenvalue weighted by Crippen LogP contribution is 2.42. The molecular formula is C16H20F3N3OS. The van der Waals surface area contributed by atoms with Crippen molar-refractivity contribution in [3.05, 3.63) is 24.0 Å². The van der Waals surface area contributed by atoms with Gasteiger partial charge in [-0.15, -0.1) is 0 Å². The van der Waals surface area contributed by atoms with E-state index >= 15 is 0 Å². The zero-order valence-corrected chi connectivity index (χ0v) is 14.1. The van der Waals surface area contributed by atoms with Gasteiger partial charge in [0.2, 0.25) is 0 Å². The van der Waals surface area contributed by atoms with Crippen molar-refractivity contribution in [1.82, 2.24) is 9.88 Å². The number of pyridine rings is 1. The number of alkyl halides is 3. The van der Waals surface area contributed by atoms with E-state index in [1.54, 1.807) is 0 Å². The predicted octanol–water partition coefficient (Wildman–Crippen LogP) is 2.13. The molecule has 0 bridgehead atoms. The van der Waals surface area contributed by atoms with E-state index in [2.05, 4.69) is 14.8 Å². The van der Waals surface area contributed by atoms with E-state index in [1.165, 1.54) is 12.3 Å². The average molecular weight is 359 g/mol. The molecule has 0 aliphatic carbocycles. The number of halogens is 3. The highest BCUT2D eigenvalue weighted by Gasteiger charge is 2.53. The largest absolute Gasteiger partial charge is 0.616 e. The van der Waals surface area contributed by atoms with Crippen LogP contribution in [0.25, 0.3) is 0 Å². The number of hydrogen-bond acceptors (Lipinski definition) is 4. The highest BCUT2D eigenvalue weighted by molar-refractivity contribution is 7.92. The average Bonchev–Trinajstić information content (AvgIpc) is 3.13. The van der Waals surface area contributed by atoms with E-state index in [9.17, 15) is 17.7 Å². The van der Waals surface area contributed by atoms with E-state index in [0.29, 0.717) is 6.04 Å². The molecule has 3 saturated heterocycles. The van der Waals surface area contributed by atoms with Crippen molar-refractivity contribution >= 4 is 16.9 Å². The molecule has 0 aromatic carbocycles. The van der Waals surface area contributed by atoms with Gasteiger partial charge in [0.25, 0.3) is 0 Å². The fraction of sp³-hybridized carbons (Fsp3) is 0.688. The van der Waals surface area contributed by atoms with E-state index < -0.39 is 23.0 Å². The molecule has 1 atom stereocenters. The molecule has 1 unspecified atom stereocenters. The SMILES string of the molecule is [O-][S+]1CC2(CCN(C3CCN(c4ccc(C(F)(F)F)nc4)C3)C2)C1. The Hall–Kier alpha value is -0.990. The number of likely N-dealkylation sites (tertiary alicyclic amines) is 1. The van der Waals surface area contributed by atoms with Gasteiger partial charge in [0.05, 0.1) is 17.3 Å². The maximum absolute atomic E-state index is 12.6. The quantitative estimate of drug-likeness (QED) is 0.759. The maximum Gasteiger partial charge on any atom is 0.433 e. The van der Waals surface area contributed by atoms with Crippen molar-refractivity contribution < 1.29 is 17.7 Å². The van der Waals surface area contributed by atoms with Crippen LogP contribution in [-0.4, -0.2) is 58.2 Å². The molecule has 0 N–H and O–H groups in total. The third kappa shape index (κ3) is 2.99. The third-order valence-electron chi connectivity index (χ3n) is 5.49. The van der Waals surface area contributed by atoms with Gasteiger partial charge in [-0.05, 0) is 31.5 Å². The topological polar surface area (TPSA) is 42.4 Å². The lowest BCUT2D eigenvalue weighted by atomic mass is 9.91. The summed E-state index contributed by atoms with van der Waals surface area (Å²) < 4.78 is 49.2. The Bertz CT molecular complexity index is 604. The summed E-state index contributed by atoms with van der Waals surface area (Å²) in [5.74, 6) is 1.67. The lowest BCUT2D eigenvalue weighted by Gasteiger charge is -2.39. The Balaban J connectivity index is 1.37. The van der Waals surface area contributed by atoms with Gasteiger partial charge < -0.3 is 9.45 Å². The summed E-state index contributed by atoms with van der Waals surface area (Å²) >= 11 is -0.621. The molecule has 24 heavy (non-hydrogen) atoms. The molecule has 8 heteroatoms. The van der Waals surface area contributed by atoms with Crippen molar-refractivity contribution in [3.8, 4) is 0 Å². The van der Waals surface area contributed by atoms with Gasteiger partial charge in [-0.25, -0.2) is 4.98 Å². The van der Waals surface area contributed by atoms with Crippen molar-refractivity contribution in [1.29, 1.82) is 0 Å². The van der Waals surface area contributed by atoms with Crippen LogP contribution < -0.4 is 4.90 Å². The zero-order chi connectivity index (χ0) is 16.9. The monoisotopic (exact) mass is 359 g/mol. The first-order valence-electron chi connectivity index (χ1n) is 8.22. The minimum atomic E-state index is -4.39. The van der Waals surface area contributed by atoms with Crippen molar-refractivity contribution in [2.45, 2.75) is 25.1 Å². The second-order valence-corrected chi connectivity index (χ2v) is 8.69. The number of rotatable bonds is 2. The summed E-state index contributed by atoms with van der Waals surface area (Å²) in [6, 6.07) is 3.00. The first kappa shape index (κ1) is 16.5. The van der Waals surface area contributed by atoms with Crippen LogP contribution in [0.1, 0.15) is 18.5 Å². The summed E-state index contributed by atoms with van der Waals surface area (Å²) in [4.78, 5) is 8.15.